The molecule has 6 heteroatoms. The Morgan fingerprint density at radius 1 is 1.33 bits per heavy atom. The van der Waals surface area contributed by atoms with E-state index in [-0.39, 0.29) is 5.75 Å². The molecule has 0 saturated carbocycles. The van der Waals surface area contributed by atoms with Gasteiger partial charge in [-0.2, -0.15) is 8.42 Å². The lowest BCUT2D eigenvalue weighted by Crippen LogP contribution is -1.96. The molecule has 1 aromatic rings. The number of phenolic OH excluding ortho intramolecular Hbond substituents is 1. The molecule has 0 amide bonds. The molecule has 0 atom stereocenters. The van der Waals surface area contributed by atoms with Crippen LogP contribution in [-0.4, -0.2) is 18.1 Å². The summed E-state index contributed by atoms with van der Waals surface area (Å²) >= 11 is 0. The lowest BCUT2D eigenvalue weighted by atomic mass is 10.3. The second kappa shape index (κ2) is 1.90. The highest BCUT2D eigenvalue weighted by atomic mass is 32.2. The van der Waals surface area contributed by atoms with Crippen LogP contribution in [0, 0.1) is 0 Å². The molecule has 1 aliphatic heterocycles. The zero-order chi connectivity index (χ0) is 8.93. The molecule has 0 aromatic heterocycles. The van der Waals surface area contributed by atoms with E-state index in [9.17, 15) is 8.42 Å². The Morgan fingerprint density at radius 3 is 2.50 bits per heavy atom. The third-order valence-corrected chi connectivity index (χ3v) is 2.39. The van der Waals surface area contributed by atoms with Gasteiger partial charge in [-0.25, -0.2) is 0 Å². The van der Waals surface area contributed by atoms with E-state index in [4.69, 9.17) is 9.66 Å². The molecule has 0 aliphatic carbocycles. The number of rotatable bonds is 1. The van der Waals surface area contributed by atoms with Gasteiger partial charge in [0.2, 0.25) is 0 Å². The number of phenols is 1. The highest BCUT2D eigenvalue weighted by molar-refractivity contribution is 7.86. The summed E-state index contributed by atoms with van der Waals surface area (Å²) in [6.07, 6.45) is 0. The van der Waals surface area contributed by atoms with Crippen molar-refractivity contribution in [3.05, 3.63) is 12.1 Å². The minimum atomic E-state index is -4.39. The van der Waals surface area contributed by atoms with E-state index in [0.717, 1.165) is 6.07 Å². The minimum absolute atomic E-state index is 0.0255. The standard InChI is InChI=1S/C6H4O5S/c7-3-1-2-4-5(11-4)6(3)12(8,9)10/h1-2,7H,(H,8,9,10). The molecule has 0 radical (unpaired) electrons. The van der Waals surface area contributed by atoms with Crippen LogP contribution in [-0.2, 0) is 10.1 Å². The summed E-state index contributed by atoms with van der Waals surface area (Å²) in [7, 11) is -4.39. The van der Waals surface area contributed by atoms with Gasteiger partial charge in [0, 0.05) is 0 Å². The molecule has 0 saturated heterocycles. The smallest absolute Gasteiger partial charge is 0.302 e. The van der Waals surface area contributed by atoms with Crippen LogP contribution in [0.5, 0.6) is 17.2 Å². The van der Waals surface area contributed by atoms with Crippen LogP contribution in [0.2, 0.25) is 0 Å². The first-order valence-electron chi connectivity index (χ1n) is 3.01. The van der Waals surface area contributed by atoms with Gasteiger partial charge in [-0.3, -0.25) is 4.55 Å². The molecular formula is C6H4O5S. The number of hydrogen-bond acceptors (Lipinski definition) is 4. The van der Waals surface area contributed by atoms with E-state index in [1.165, 1.54) is 6.07 Å². The minimum Gasteiger partial charge on any atom is -0.506 e. The molecule has 0 spiro atoms. The fourth-order valence-electron chi connectivity index (χ4n) is 0.948. The number of benzene rings is 1. The molecule has 1 aliphatic rings. The Kier molecular flexibility index (Phi) is 1.17. The van der Waals surface area contributed by atoms with Gasteiger partial charge in [0.25, 0.3) is 0 Å². The largest absolute Gasteiger partial charge is 0.506 e. The van der Waals surface area contributed by atoms with E-state index >= 15 is 0 Å². The van der Waals surface area contributed by atoms with Gasteiger partial charge in [-0.1, -0.05) is 0 Å². The van der Waals surface area contributed by atoms with E-state index in [0.29, 0.717) is 5.75 Å². The molecule has 1 aromatic carbocycles. The van der Waals surface area contributed by atoms with Crippen LogP contribution in [0.25, 0.3) is 0 Å². The van der Waals surface area contributed by atoms with Crippen molar-refractivity contribution in [2.45, 2.75) is 4.90 Å². The number of fused-ring (bicyclic) bond motifs is 1. The molecule has 12 heavy (non-hydrogen) atoms. The molecule has 64 valence electrons. The zero-order valence-electron chi connectivity index (χ0n) is 5.68. The summed E-state index contributed by atoms with van der Waals surface area (Å²) in [4.78, 5) is -0.556. The Hall–Kier alpha value is -1.27. The fourth-order valence-corrected chi connectivity index (χ4v) is 1.66. The maximum atomic E-state index is 10.6. The molecule has 5 nitrogen and oxygen atoms in total. The number of ether oxygens (including phenoxy) is 1. The highest BCUT2D eigenvalue weighted by Gasteiger charge is 2.34. The third-order valence-electron chi connectivity index (χ3n) is 1.48. The maximum Gasteiger partial charge on any atom is 0.302 e. The van der Waals surface area contributed by atoms with Gasteiger partial charge >= 0.3 is 10.1 Å². The molecule has 0 fully saturated rings. The topological polar surface area (TPSA) is 87.1 Å². The summed E-state index contributed by atoms with van der Waals surface area (Å²) in [5, 5.41) is 9.04. The summed E-state index contributed by atoms with van der Waals surface area (Å²) in [6, 6.07) is 2.56. The van der Waals surface area contributed by atoms with Crippen LogP contribution in [0.4, 0.5) is 0 Å². The van der Waals surface area contributed by atoms with Crippen LogP contribution >= 0.6 is 0 Å². The average molecular weight is 188 g/mol. The van der Waals surface area contributed by atoms with Crippen molar-refractivity contribution in [2.75, 3.05) is 0 Å². The normalized spacial score (nSPS) is 13.4. The average Bonchev–Trinajstić information content (AvgIpc) is 2.61. The molecule has 0 unspecified atom stereocenters. The third kappa shape index (κ3) is 0.926. The molecular weight excluding hydrogens is 184 g/mol. The van der Waals surface area contributed by atoms with Gasteiger partial charge < -0.3 is 9.84 Å². The van der Waals surface area contributed by atoms with Gasteiger partial charge in [-0.15, -0.1) is 0 Å². The van der Waals surface area contributed by atoms with Crippen molar-refractivity contribution in [1.29, 1.82) is 0 Å². The van der Waals surface area contributed by atoms with Crippen molar-refractivity contribution < 1.29 is 22.8 Å². The lowest BCUT2D eigenvalue weighted by molar-refractivity contribution is 0.441. The van der Waals surface area contributed by atoms with Gasteiger partial charge in [0.15, 0.2) is 16.4 Å². The van der Waals surface area contributed by atoms with E-state index < -0.39 is 20.8 Å². The zero-order valence-corrected chi connectivity index (χ0v) is 6.50. The second-order valence-electron chi connectivity index (χ2n) is 2.32. The van der Waals surface area contributed by atoms with Crippen molar-refractivity contribution >= 4 is 10.1 Å². The van der Waals surface area contributed by atoms with Crippen molar-refractivity contribution in [3.63, 3.8) is 0 Å². The Morgan fingerprint density at radius 2 is 2.00 bits per heavy atom. The van der Waals surface area contributed by atoms with Crippen LogP contribution in [0.3, 0.4) is 0 Å². The van der Waals surface area contributed by atoms with Crippen molar-refractivity contribution in [1.82, 2.24) is 0 Å². The fraction of sp³-hybridized carbons (Fsp3) is 0. The maximum absolute atomic E-state index is 10.6. The monoisotopic (exact) mass is 188 g/mol. The molecule has 2 N–H and O–H groups in total. The molecule has 0 bridgehead atoms. The summed E-state index contributed by atoms with van der Waals surface area (Å²) in [6.45, 7) is 0. The van der Waals surface area contributed by atoms with Crippen LogP contribution < -0.4 is 4.74 Å². The Balaban J connectivity index is 2.76. The summed E-state index contributed by atoms with van der Waals surface area (Å²) in [5.74, 6) is -0.119. The Labute approximate surface area is 68.0 Å². The number of hydrogen-bond donors (Lipinski definition) is 2. The van der Waals surface area contributed by atoms with Crippen LogP contribution in [0.15, 0.2) is 17.0 Å². The molecule has 2 rings (SSSR count). The van der Waals surface area contributed by atoms with Crippen molar-refractivity contribution in [3.8, 4) is 17.2 Å². The van der Waals surface area contributed by atoms with Gasteiger partial charge in [-0.05, 0) is 12.1 Å². The first-order chi connectivity index (χ1) is 5.50. The van der Waals surface area contributed by atoms with Gasteiger partial charge in [0.1, 0.15) is 5.75 Å². The van der Waals surface area contributed by atoms with E-state index in [2.05, 4.69) is 4.74 Å². The van der Waals surface area contributed by atoms with Crippen LogP contribution in [0.1, 0.15) is 0 Å². The first-order valence-corrected chi connectivity index (χ1v) is 4.45. The number of aromatic hydroxyl groups is 1. The van der Waals surface area contributed by atoms with E-state index in [1.807, 2.05) is 0 Å². The predicted octanol–water partition coefficient (Wildman–Crippen LogP) is 0.745. The van der Waals surface area contributed by atoms with Gasteiger partial charge in [0.05, 0.1) is 0 Å². The lowest BCUT2D eigenvalue weighted by Gasteiger charge is -1.94. The predicted molar refractivity (Wildman–Crippen MR) is 38.0 cm³/mol. The molecule has 1 heterocycles. The summed E-state index contributed by atoms with van der Waals surface area (Å²) < 4.78 is 34.5. The summed E-state index contributed by atoms with van der Waals surface area (Å²) in [5.41, 5.74) is 0. The first kappa shape index (κ1) is 7.38. The highest BCUT2D eigenvalue weighted by Crippen LogP contribution is 2.52. The second-order valence-corrected chi connectivity index (χ2v) is 3.68. The Bertz CT molecular complexity index is 444. The van der Waals surface area contributed by atoms with Crippen molar-refractivity contribution in [2.24, 2.45) is 0 Å². The SMILES string of the molecule is O=S(=O)(O)c1c(O)ccc2c1O2. The van der Waals surface area contributed by atoms with E-state index in [1.54, 1.807) is 0 Å². The quantitative estimate of drug-likeness (QED) is 0.509.